The molecule has 0 bridgehead atoms. The first-order valence-electron chi connectivity index (χ1n) is 8.21. The van der Waals surface area contributed by atoms with Gasteiger partial charge in [-0.25, -0.2) is 14.5 Å². The van der Waals surface area contributed by atoms with Crippen molar-refractivity contribution in [3.63, 3.8) is 0 Å². The molecule has 0 fully saturated rings. The fourth-order valence-corrected chi connectivity index (χ4v) is 2.18. The highest BCUT2D eigenvalue weighted by Crippen LogP contribution is 2.31. The Kier molecular flexibility index (Phi) is 4.39. The number of carbonyl (C=O) groups is 1. The van der Waals surface area contributed by atoms with Crippen molar-refractivity contribution in [1.29, 1.82) is 0 Å². The maximum atomic E-state index is 12.1. The lowest BCUT2D eigenvalue weighted by molar-refractivity contribution is -0.123. The molecule has 6 heteroatoms. The summed E-state index contributed by atoms with van der Waals surface area (Å²) in [6, 6.07) is 12.2. The molecule has 0 atom stereocenters. The van der Waals surface area contributed by atoms with Crippen molar-refractivity contribution < 1.29 is 9.90 Å². The van der Waals surface area contributed by atoms with Gasteiger partial charge in [0.05, 0.1) is 5.56 Å². The zero-order chi connectivity index (χ0) is 18.9. The number of nitrogens with one attached hydrogen (secondary N) is 1. The monoisotopic (exact) mass is 348 g/mol. The van der Waals surface area contributed by atoms with Gasteiger partial charge in [0, 0.05) is 17.0 Å². The third-order valence-electron chi connectivity index (χ3n) is 3.81. The topological polar surface area (TPSA) is 80.0 Å². The Morgan fingerprint density at radius 2 is 1.92 bits per heavy atom. The fourth-order valence-electron chi connectivity index (χ4n) is 2.18. The Balaban J connectivity index is 1.91. The fraction of sp³-hybridized carbons (Fsp3) is 0.250. The van der Waals surface area contributed by atoms with Crippen LogP contribution in [0.15, 0.2) is 36.7 Å². The molecule has 132 valence electrons. The Bertz CT molecular complexity index is 985. The number of hydrogen-bond donors (Lipinski definition) is 2. The summed E-state index contributed by atoms with van der Waals surface area (Å²) < 4.78 is 1.33. The van der Waals surface area contributed by atoms with Crippen LogP contribution >= 0.6 is 0 Å². The SMILES string of the molecule is Cc1ccc(C#Cn2cnc3nc(NC(=O)C(C)(C)C)cc-3c2O)cc1. The van der Waals surface area contributed by atoms with Crippen LogP contribution in [0.3, 0.4) is 0 Å². The molecular formula is C20H20N4O2. The molecule has 0 saturated heterocycles. The van der Waals surface area contributed by atoms with Crippen LogP contribution in [0, 0.1) is 24.3 Å². The Labute approximate surface area is 152 Å². The normalized spacial score (nSPS) is 11.1. The first-order chi connectivity index (χ1) is 12.2. The van der Waals surface area contributed by atoms with Crippen molar-refractivity contribution in [2.45, 2.75) is 27.7 Å². The van der Waals surface area contributed by atoms with Gasteiger partial charge in [-0.1, -0.05) is 38.5 Å². The predicted octanol–water partition coefficient (Wildman–Crippen LogP) is 3.24. The minimum absolute atomic E-state index is 0.0710. The van der Waals surface area contributed by atoms with E-state index in [-0.39, 0.29) is 11.8 Å². The van der Waals surface area contributed by atoms with E-state index in [0.29, 0.717) is 17.2 Å². The number of anilines is 1. The molecule has 1 amide bonds. The maximum Gasteiger partial charge on any atom is 0.230 e. The average molecular weight is 348 g/mol. The molecular weight excluding hydrogens is 328 g/mol. The number of carbonyl (C=O) groups excluding carboxylic acids is 1. The second kappa shape index (κ2) is 6.52. The third-order valence-corrected chi connectivity index (χ3v) is 3.81. The van der Waals surface area contributed by atoms with Crippen molar-refractivity contribution >= 4 is 11.7 Å². The van der Waals surface area contributed by atoms with Crippen molar-refractivity contribution in [2.24, 2.45) is 5.41 Å². The molecule has 0 unspecified atom stereocenters. The van der Waals surface area contributed by atoms with E-state index in [4.69, 9.17) is 0 Å². The molecule has 26 heavy (non-hydrogen) atoms. The van der Waals surface area contributed by atoms with Crippen molar-refractivity contribution in [1.82, 2.24) is 14.5 Å². The van der Waals surface area contributed by atoms with Crippen LogP contribution in [0.2, 0.25) is 0 Å². The highest BCUT2D eigenvalue weighted by atomic mass is 16.3. The molecule has 1 aromatic carbocycles. The zero-order valence-corrected chi connectivity index (χ0v) is 15.2. The molecule has 2 aliphatic rings. The van der Waals surface area contributed by atoms with Gasteiger partial charge in [0.2, 0.25) is 11.8 Å². The van der Waals surface area contributed by atoms with Crippen LogP contribution in [0.1, 0.15) is 31.9 Å². The van der Waals surface area contributed by atoms with Crippen molar-refractivity contribution in [2.75, 3.05) is 5.32 Å². The van der Waals surface area contributed by atoms with Crippen LogP contribution in [0.25, 0.3) is 11.4 Å². The largest absolute Gasteiger partial charge is 0.493 e. The van der Waals surface area contributed by atoms with Crippen LogP contribution < -0.4 is 5.32 Å². The summed E-state index contributed by atoms with van der Waals surface area (Å²) in [7, 11) is 0. The minimum atomic E-state index is -0.542. The number of hydrogen-bond acceptors (Lipinski definition) is 4. The van der Waals surface area contributed by atoms with Crippen molar-refractivity contribution in [3.8, 4) is 29.2 Å². The van der Waals surface area contributed by atoms with Crippen LogP contribution in [-0.2, 0) is 4.79 Å². The molecule has 0 radical (unpaired) electrons. The van der Waals surface area contributed by atoms with Gasteiger partial charge in [0.15, 0.2) is 5.82 Å². The molecule has 2 aliphatic heterocycles. The third kappa shape index (κ3) is 3.67. The summed E-state index contributed by atoms with van der Waals surface area (Å²) in [5.41, 5.74) is 1.87. The summed E-state index contributed by atoms with van der Waals surface area (Å²) in [6.45, 7) is 7.45. The lowest BCUT2D eigenvalue weighted by atomic mass is 9.96. The summed E-state index contributed by atoms with van der Waals surface area (Å²) in [5.74, 6) is 3.45. The van der Waals surface area contributed by atoms with Gasteiger partial charge in [0.1, 0.15) is 12.1 Å². The molecule has 0 aliphatic carbocycles. The number of nitrogens with zero attached hydrogens (tertiary/aromatic N) is 3. The van der Waals surface area contributed by atoms with E-state index in [1.165, 1.54) is 10.9 Å². The standard InChI is InChI=1S/C20H20N4O2/c1-13-5-7-14(8-6-13)9-10-24-12-21-17-15(18(24)25)11-16(22-17)23-19(26)20(2,3)4/h5-8,11-12,25H,1-4H3,(H,23,26). The lowest BCUT2D eigenvalue weighted by Gasteiger charge is -2.16. The highest BCUT2D eigenvalue weighted by molar-refractivity contribution is 5.94. The maximum absolute atomic E-state index is 12.1. The van der Waals surface area contributed by atoms with Gasteiger partial charge in [-0.05, 0) is 31.0 Å². The van der Waals surface area contributed by atoms with E-state index in [2.05, 4.69) is 27.2 Å². The number of aryl methyl sites for hydroxylation is 1. The van der Waals surface area contributed by atoms with Crippen LogP contribution in [0.5, 0.6) is 5.88 Å². The second-order valence-electron chi connectivity index (χ2n) is 7.12. The first-order valence-corrected chi connectivity index (χ1v) is 8.21. The lowest BCUT2D eigenvalue weighted by Crippen LogP contribution is -2.27. The molecule has 0 spiro atoms. The smallest absolute Gasteiger partial charge is 0.230 e. The van der Waals surface area contributed by atoms with Crippen LogP contribution in [0.4, 0.5) is 5.82 Å². The van der Waals surface area contributed by atoms with Gasteiger partial charge >= 0.3 is 0 Å². The second-order valence-corrected chi connectivity index (χ2v) is 7.12. The van der Waals surface area contributed by atoms with E-state index >= 15 is 0 Å². The number of rotatable bonds is 1. The van der Waals surface area contributed by atoms with Gasteiger partial charge in [0.25, 0.3) is 0 Å². The summed E-state index contributed by atoms with van der Waals surface area (Å²) in [6.07, 6.45) is 1.40. The van der Waals surface area contributed by atoms with Crippen molar-refractivity contribution in [3.05, 3.63) is 47.8 Å². The Hall–Kier alpha value is -3.33. The summed E-state index contributed by atoms with van der Waals surface area (Å²) >= 11 is 0. The number of benzene rings is 1. The quantitative estimate of drug-likeness (QED) is 0.662. The molecule has 0 aromatic heterocycles. The predicted molar refractivity (Wildman–Crippen MR) is 99.8 cm³/mol. The van der Waals surface area contributed by atoms with E-state index < -0.39 is 5.41 Å². The summed E-state index contributed by atoms with van der Waals surface area (Å²) in [5, 5.41) is 13.2. The first kappa shape index (κ1) is 17.5. The molecule has 2 N–H and O–H groups in total. The average Bonchev–Trinajstić information content (AvgIpc) is 2.98. The molecule has 0 saturated carbocycles. The van der Waals surface area contributed by atoms with E-state index in [1.807, 2.05) is 52.0 Å². The van der Waals surface area contributed by atoms with Gasteiger partial charge in [-0.15, -0.1) is 0 Å². The van der Waals surface area contributed by atoms with Gasteiger partial charge in [-0.2, -0.15) is 0 Å². The molecule has 2 heterocycles. The molecule has 3 rings (SSSR count). The Morgan fingerprint density at radius 3 is 2.58 bits per heavy atom. The van der Waals surface area contributed by atoms with E-state index in [1.54, 1.807) is 6.07 Å². The number of fused-ring (bicyclic) bond motifs is 1. The number of amides is 1. The zero-order valence-electron chi connectivity index (χ0n) is 15.2. The molecule has 1 aromatic rings. The van der Waals surface area contributed by atoms with E-state index in [0.717, 1.165) is 11.1 Å². The number of aromatic nitrogens is 3. The van der Waals surface area contributed by atoms with Gasteiger partial charge < -0.3 is 10.4 Å². The van der Waals surface area contributed by atoms with Gasteiger partial charge in [-0.3, -0.25) is 4.79 Å². The van der Waals surface area contributed by atoms with Crippen LogP contribution in [-0.4, -0.2) is 25.5 Å². The Morgan fingerprint density at radius 1 is 1.23 bits per heavy atom. The minimum Gasteiger partial charge on any atom is -0.493 e. The summed E-state index contributed by atoms with van der Waals surface area (Å²) in [4.78, 5) is 20.5. The molecule has 6 nitrogen and oxygen atoms in total. The van der Waals surface area contributed by atoms with E-state index in [9.17, 15) is 9.90 Å². The number of aromatic hydroxyl groups is 1. The highest BCUT2D eigenvalue weighted by Gasteiger charge is 2.24.